The molecule has 0 saturated heterocycles. The molecule has 0 aliphatic rings. The van der Waals surface area contributed by atoms with Crippen LogP contribution in [0.2, 0.25) is 5.02 Å². The number of rotatable bonds is 4. The van der Waals surface area contributed by atoms with Crippen LogP contribution in [0.1, 0.15) is 23.8 Å². The zero-order valence-corrected chi connectivity index (χ0v) is 14.0. The van der Waals surface area contributed by atoms with E-state index in [1.54, 1.807) is 24.5 Å². The summed E-state index contributed by atoms with van der Waals surface area (Å²) in [5.41, 5.74) is 8.29. The van der Waals surface area contributed by atoms with E-state index < -0.39 is 0 Å². The molecule has 0 atom stereocenters. The second-order valence-electron chi connectivity index (χ2n) is 5.38. The van der Waals surface area contributed by atoms with Gasteiger partial charge in [-0.2, -0.15) is 0 Å². The Balaban J connectivity index is 2.15. The normalized spacial score (nSPS) is 10.8. The number of anilines is 1. The summed E-state index contributed by atoms with van der Waals surface area (Å²) in [4.78, 5) is 20.8. The van der Waals surface area contributed by atoms with Crippen molar-refractivity contribution < 1.29 is 4.79 Å². The van der Waals surface area contributed by atoms with E-state index in [0.29, 0.717) is 22.9 Å². The molecule has 3 N–H and O–H groups in total. The van der Waals surface area contributed by atoms with Crippen LogP contribution in [0.4, 0.5) is 5.69 Å². The van der Waals surface area contributed by atoms with E-state index in [2.05, 4.69) is 15.3 Å². The van der Waals surface area contributed by atoms with Crippen molar-refractivity contribution in [2.75, 3.05) is 12.3 Å². The largest absolute Gasteiger partial charge is 0.396 e. The minimum absolute atomic E-state index is 0.236. The third-order valence-corrected chi connectivity index (χ3v) is 4.04. The van der Waals surface area contributed by atoms with Crippen molar-refractivity contribution in [1.29, 1.82) is 0 Å². The van der Waals surface area contributed by atoms with Crippen molar-refractivity contribution in [1.82, 2.24) is 15.3 Å². The lowest BCUT2D eigenvalue weighted by molar-refractivity contribution is 0.0950. The van der Waals surface area contributed by atoms with Crippen LogP contribution in [0.5, 0.6) is 0 Å². The van der Waals surface area contributed by atoms with E-state index in [1.165, 1.54) is 0 Å². The number of carbonyl (C=O) groups excluding carboxylic acids is 1. The van der Waals surface area contributed by atoms with Crippen LogP contribution < -0.4 is 11.1 Å². The lowest BCUT2D eigenvalue weighted by Gasteiger charge is -2.12. The second-order valence-corrected chi connectivity index (χ2v) is 5.78. The number of pyridine rings is 2. The summed E-state index contributed by atoms with van der Waals surface area (Å²) in [6, 6.07) is 9.20. The van der Waals surface area contributed by atoms with Crippen molar-refractivity contribution in [2.45, 2.75) is 13.3 Å². The summed E-state index contributed by atoms with van der Waals surface area (Å²) in [5, 5.41) is 4.91. The maximum absolute atomic E-state index is 12.2. The molecule has 0 radical (unpaired) electrons. The third kappa shape index (κ3) is 2.90. The number of amides is 1. The molecular weight excluding hydrogens is 324 g/mol. The molecule has 24 heavy (non-hydrogen) atoms. The number of nitrogens with one attached hydrogen (secondary N) is 1. The molecule has 3 rings (SSSR count). The Labute approximate surface area is 144 Å². The van der Waals surface area contributed by atoms with Crippen LogP contribution in [-0.2, 0) is 0 Å². The van der Waals surface area contributed by atoms with Gasteiger partial charge in [-0.1, -0.05) is 36.7 Å². The van der Waals surface area contributed by atoms with Crippen molar-refractivity contribution in [2.24, 2.45) is 0 Å². The number of nitrogen functional groups attached to an aromatic ring is 1. The third-order valence-electron chi connectivity index (χ3n) is 3.74. The number of hydrogen-bond acceptors (Lipinski definition) is 4. The van der Waals surface area contributed by atoms with Gasteiger partial charge in [0.2, 0.25) is 0 Å². The Kier molecular flexibility index (Phi) is 4.62. The predicted molar refractivity (Wildman–Crippen MR) is 97.0 cm³/mol. The number of carbonyl (C=O) groups is 1. The van der Waals surface area contributed by atoms with Gasteiger partial charge in [-0.25, -0.2) is 4.98 Å². The average molecular weight is 341 g/mol. The SMILES string of the molecule is CCCNC(=O)c1ncc2c(-c3ncccc3Cl)cccc2c1N. The summed E-state index contributed by atoms with van der Waals surface area (Å²) in [6.45, 7) is 2.57. The standard InChI is InChI=1S/C18H17ClN4O/c1-2-8-22-18(24)17-15(20)11-5-3-6-12(13(11)10-23-17)16-14(19)7-4-9-21-16/h3-7,9-10H,2,8,20H2,1H3,(H,22,24). The summed E-state index contributed by atoms with van der Waals surface area (Å²) in [5.74, 6) is -0.266. The van der Waals surface area contributed by atoms with Gasteiger partial charge in [0.15, 0.2) is 5.69 Å². The molecule has 0 unspecified atom stereocenters. The molecule has 0 spiro atoms. The fourth-order valence-corrected chi connectivity index (χ4v) is 2.78. The summed E-state index contributed by atoms with van der Waals surface area (Å²) >= 11 is 6.26. The first kappa shape index (κ1) is 16.2. The summed E-state index contributed by atoms with van der Waals surface area (Å²) in [6.07, 6.45) is 4.18. The van der Waals surface area contributed by atoms with E-state index >= 15 is 0 Å². The maximum Gasteiger partial charge on any atom is 0.272 e. The highest BCUT2D eigenvalue weighted by Crippen LogP contribution is 2.34. The van der Waals surface area contributed by atoms with Gasteiger partial charge < -0.3 is 11.1 Å². The van der Waals surface area contributed by atoms with Crippen LogP contribution in [0.25, 0.3) is 22.0 Å². The fourth-order valence-electron chi connectivity index (χ4n) is 2.56. The molecule has 2 aromatic heterocycles. The maximum atomic E-state index is 12.2. The van der Waals surface area contributed by atoms with Gasteiger partial charge in [0.05, 0.1) is 16.4 Å². The average Bonchev–Trinajstić information content (AvgIpc) is 2.60. The van der Waals surface area contributed by atoms with Gasteiger partial charge in [0.25, 0.3) is 5.91 Å². The van der Waals surface area contributed by atoms with Crippen LogP contribution in [0, 0.1) is 0 Å². The number of halogens is 1. The van der Waals surface area contributed by atoms with Gasteiger partial charge in [0.1, 0.15) is 0 Å². The molecule has 0 aliphatic carbocycles. The van der Waals surface area contributed by atoms with E-state index in [-0.39, 0.29) is 11.6 Å². The molecule has 5 nitrogen and oxygen atoms in total. The zero-order valence-electron chi connectivity index (χ0n) is 13.2. The highest BCUT2D eigenvalue weighted by atomic mass is 35.5. The van der Waals surface area contributed by atoms with Crippen molar-refractivity contribution >= 4 is 34.0 Å². The van der Waals surface area contributed by atoms with Crippen molar-refractivity contribution in [3.05, 3.63) is 53.4 Å². The van der Waals surface area contributed by atoms with E-state index in [0.717, 1.165) is 22.8 Å². The van der Waals surface area contributed by atoms with Crippen LogP contribution >= 0.6 is 11.6 Å². The van der Waals surface area contributed by atoms with Crippen LogP contribution in [0.15, 0.2) is 42.7 Å². The number of nitrogens with two attached hydrogens (primary N) is 1. The molecule has 6 heteroatoms. The Hall–Kier alpha value is -2.66. The van der Waals surface area contributed by atoms with Crippen molar-refractivity contribution in [3.8, 4) is 11.3 Å². The highest BCUT2D eigenvalue weighted by Gasteiger charge is 2.16. The Morgan fingerprint density at radius 1 is 1.21 bits per heavy atom. The van der Waals surface area contributed by atoms with Crippen LogP contribution in [-0.4, -0.2) is 22.4 Å². The molecule has 2 heterocycles. The quantitative estimate of drug-likeness (QED) is 0.759. The number of hydrogen-bond donors (Lipinski definition) is 2. The first-order valence-corrected chi connectivity index (χ1v) is 8.07. The van der Waals surface area contributed by atoms with Gasteiger partial charge in [-0.15, -0.1) is 0 Å². The highest BCUT2D eigenvalue weighted by molar-refractivity contribution is 6.33. The van der Waals surface area contributed by atoms with E-state index in [9.17, 15) is 4.79 Å². The fraction of sp³-hybridized carbons (Fsp3) is 0.167. The van der Waals surface area contributed by atoms with Crippen LogP contribution in [0.3, 0.4) is 0 Å². The van der Waals surface area contributed by atoms with Gasteiger partial charge in [0, 0.05) is 35.3 Å². The van der Waals surface area contributed by atoms with Gasteiger partial charge in [-0.05, 0) is 18.6 Å². The minimum atomic E-state index is -0.266. The molecule has 0 bridgehead atoms. The van der Waals surface area contributed by atoms with Gasteiger partial charge >= 0.3 is 0 Å². The second kappa shape index (κ2) is 6.84. The van der Waals surface area contributed by atoms with E-state index in [1.807, 2.05) is 25.1 Å². The Bertz CT molecular complexity index is 911. The summed E-state index contributed by atoms with van der Waals surface area (Å²) in [7, 11) is 0. The lowest BCUT2D eigenvalue weighted by atomic mass is 10.0. The molecular formula is C18H17ClN4O. The molecule has 3 aromatic rings. The van der Waals surface area contributed by atoms with Crippen molar-refractivity contribution in [3.63, 3.8) is 0 Å². The molecule has 1 amide bonds. The minimum Gasteiger partial charge on any atom is -0.396 e. The molecule has 122 valence electrons. The number of aromatic nitrogens is 2. The van der Waals surface area contributed by atoms with Gasteiger partial charge in [-0.3, -0.25) is 9.78 Å². The number of fused-ring (bicyclic) bond motifs is 1. The number of benzene rings is 1. The first-order valence-electron chi connectivity index (χ1n) is 7.69. The lowest BCUT2D eigenvalue weighted by Crippen LogP contribution is -2.26. The summed E-state index contributed by atoms with van der Waals surface area (Å²) < 4.78 is 0. The topological polar surface area (TPSA) is 80.9 Å². The molecule has 0 aliphatic heterocycles. The predicted octanol–water partition coefficient (Wildman–Crippen LogP) is 3.67. The monoisotopic (exact) mass is 340 g/mol. The Morgan fingerprint density at radius 3 is 2.79 bits per heavy atom. The Morgan fingerprint density at radius 2 is 2.04 bits per heavy atom. The zero-order chi connectivity index (χ0) is 17.1. The molecule has 0 saturated carbocycles. The van der Waals surface area contributed by atoms with E-state index in [4.69, 9.17) is 17.3 Å². The first-order chi connectivity index (χ1) is 11.6. The molecule has 0 fully saturated rings. The molecule has 1 aromatic carbocycles. The number of nitrogens with zero attached hydrogens (tertiary/aromatic N) is 2. The smallest absolute Gasteiger partial charge is 0.272 e.